The predicted octanol–water partition coefficient (Wildman–Crippen LogP) is 2.76. The fourth-order valence-corrected chi connectivity index (χ4v) is 4.17. The number of hydrogen-bond acceptors (Lipinski definition) is 9. The van der Waals surface area contributed by atoms with Crippen LogP contribution in [0, 0.1) is 5.82 Å². The maximum atomic E-state index is 13.8. The van der Waals surface area contributed by atoms with E-state index in [1.807, 2.05) is 24.3 Å². The van der Waals surface area contributed by atoms with E-state index in [2.05, 4.69) is 10.3 Å². The molecule has 0 fully saturated rings. The zero-order valence-electron chi connectivity index (χ0n) is 22.2. The van der Waals surface area contributed by atoms with Gasteiger partial charge in [-0.3, -0.25) is 10.1 Å². The van der Waals surface area contributed by atoms with Crippen LogP contribution in [0.3, 0.4) is 0 Å². The molecule has 2 amide bonds. The average Bonchev–Trinajstić information content (AvgIpc) is 2.98. The minimum absolute atomic E-state index is 0. The van der Waals surface area contributed by atoms with Crippen molar-refractivity contribution in [3.8, 4) is 0 Å². The quantitative estimate of drug-likeness (QED) is 0.174. The number of pyridine rings is 1. The van der Waals surface area contributed by atoms with E-state index in [-0.39, 0.29) is 57.5 Å². The summed E-state index contributed by atoms with van der Waals surface area (Å²) in [4.78, 5) is 31.3. The second-order valence-corrected chi connectivity index (χ2v) is 9.64. The molecule has 0 saturated carbocycles. The zero-order valence-corrected chi connectivity index (χ0v) is 22.9. The van der Waals surface area contributed by atoms with Gasteiger partial charge < -0.3 is 34.8 Å². The molecule has 3 atom stereocenters. The van der Waals surface area contributed by atoms with Crippen molar-refractivity contribution in [3.05, 3.63) is 71.1 Å². The Morgan fingerprint density at radius 3 is 2.43 bits per heavy atom. The van der Waals surface area contributed by atoms with Gasteiger partial charge in [-0.15, -0.1) is 0 Å². The van der Waals surface area contributed by atoms with Crippen molar-refractivity contribution in [2.75, 3.05) is 44.9 Å². The van der Waals surface area contributed by atoms with Crippen molar-refractivity contribution in [2.45, 2.75) is 38.5 Å². The predicted molar refractivity (Wildman–Crippen MR) is 156 cm³/mol. The number of carbonyl (C=O) groups excluding carboxylic acids is 2. The van der Waals surface area contributed by atoms with Crippen molar-refractivity contribution in [2.24, 2.45) is 0 Å². The van der Waals surface area contributed by atoms with Crippen LogP contribution in [0.25, 0.3) is 10.8 Å². The second-order valence-electron chi connectivity index (χ2n) is 9.26. The number of hydrogen-bond donors (Lipinski definition) is 5. The largest absolute Gasteiger partial charge is 0.447 e. The normalized spacial score (nSPS) is 13.1. The van der Waals surface area contributed by atoms with E-state index in [1.165, 1.54) is 17.0 Å². The number of aliphatic hydroxyl groups is 4. The summed E-state index contributed by atoms with van der Waals surface area (Å²) in [6.07, 6.45) is -1.85. The molecule has 230 valence electrons. The Kier molecular flexibility index (Phi) is 14.5. The highest BCUT2D eigenvalue weighted by Gasteiger charge is 2.28. The highest BCUT2D eigenvalue weighted by Crippen LogP contribution is 2.22. The van der Waals surface area contributed by atoms with Gasteiger partial charge >= 0.3 is 6.09 Å². The number of aryl methyl sites for hydroxylation is 1. The van der Waals surface area contributed by atoms with Gasteiger partial charge in [-0.25, -0.2) is 14.2 Å². The van der Waals surface area contributed by atoms with E-state index < -0.39 is 49.3 Å². The van der Waals surface area contributed by atoms with E-state index in [0.29, 0.717) is 5.56 Å². The molecule has 0 aliphatic rings. The minimum atomic E-state index is -1.32. The molecule has 3 aromatic rings. The number of nitrogens with zero attached hydrogens (tertiary/aromatic N) is 2. The maximum absolute atomic E-state index is 13.8. The number of nitrogens with one attached hydrogen (secondary N) is 1. The zero-order chi connectivity index (χ0) is 29.8. The fraction of sp³-hybridized carbons (Fsp3) is 0.414. The van der Waals surface area contributed by atoms with Gasteiger partial charge in [0.2, 0.25) is 5.91 Å². The summed E-state index contributed by atoms with van der Waals surface area (Å²) in [5, 5.41) is 42.4. The number of carbonyl (C=O) groups is 2. The summed E-state index contributed by atoms with van der Waals surface area (Å²) < 4.78 is 24.7. The van der Waals surface area contributed by atoms with Crippen LogP contribution >= 0.6 is 11.6 Å². The number of aromatic nitrogens is 1. The first-order chi connectivity index (χ1) is 19.7. The first kappa shape index (κ1) is 34.8. The summed E-state index contributed by atoms with van der Waals surface area (Å²) >= 11 is 6.01. The lowest BCUT2D eigenvalue weighted by molar-refractivity contribution is -0.139. The topological polar surface area (TPSA) is 162 Å². The van der Waals surface area contributed by atoms with Crippen LogP contribution < -0.4 is 5.32 Å². The lowest BCUT2D eigenvalue weighted by Crippen LogP contribution is -2.50. The molecule has 0 bridgehead atoms. The smallest absolute Gasteiger partial charge is 0.412 e. The molecule has 0 aliphatic carbocycles. The SMILES string of the molecule is C.O=C(Nc1cc2ccccc2cn1)OC[C@H](COC[C@H](O)CO)N(C[C@H](O)CO)C(=O)CCc1cccc(F)c1Cl. The Bertz CT molecular complexity index is 1300. The molecular weight excluding hydrogens is 573 g/mol. The monoisotopic (exact) mass is 609 g/mol. The molecule has 5 N–H and O–H groups in total. The highest BCUT2D eigenvalue weighted by atomic mass is 35.5. The van der Waals surface area contributed by atoms with Gasteiger partial charge in [0.05, 0.1) is 43.6 Å². The van der Waals surface area contributed by atoms with Gasteiger partial charge in [-0.2, -0.15) is 0 Å². The lowest BCUT2D eigenvalue weighted by atomic mass is 10.1. The Balaban J connectivity index is 0.00000616. The van der Waals surface area contributed by atoms with Crippen LogP contribution in [0.1, 0.15) is 19.4 Å². The molecule has 1 aromatic heterocycles. The average molecular weight is 610 g/mol. The van der Waals surface area contributed by atoms with Gasteiger partial charge in [-0.05, 0) is 29.5 Å². The van der Waals surface area contributed by atoms with Crippen LogP contribution in [-0.2, 0) is 20.7 Å². The van der Waals surface area contributed by atoms with E-state index in [0.717, 1.165) is 10.8 Å². The standard InChI is InChI=1S/C28H33ClFN3O8.CH4/c29-27-18(6-3-7-24(27)30)8-9-26(38)33(12-22(36)13-34)21(15-40-17-23(37)14-35)16-41-28(39)32-25-10-19-4-1-2-5-20(19)11-31-25;/h1-7,10-11,21-23,34-37H,8-9,12-17H2,(H,31,32,39);1H4/t21-,22-,23+;/m0./s1. The molecule has 3 rings (SSSR count). The molecule has 0 saturated heterocycles. The first-order valence-corrected chi connectivity index (χ1v) is 13.3. The van der Waals surface area contributed by atoms with E-state index in [1.54, 1.807) is 18.3 Å². The van der Waals surface area contributed by atoms with Gasteiger partial charge in [0.15, 0.2) is 0 Å². The number of ether oxygens (including phenoxy) is 2. The van der Waals surface area contributed by atoms with Gasteiger partial charge in [0.25, 0.3) is 0 Å². The van der Waals surface area contributed by atoms with E-state index in [4.69, 9.17) is 26.2 Å². The summed E-state index contributed by atoms with van der Waals surface area (Å²) in [5.74, 6) is -0.907. The molecule has 0 radical (unpaired) electrons. The van der Waals surface area contributed by atoms with Crippen LogP contribution in [0.5, 0.6) is 0 Å². The van der Waals surface area contributed by atoms with Crippen molar-refractivity contribution in [1.82, 2.24) is 9.88 Å². The van der Waals surface area contributed by atoms with Gasteiger partial charge in [0.1, 0.15) is 24.3 Å². The van der Waals surface area contributed by atoms with Crippen LogP contribution in [0.15, 0.2) is 54.7 Å². The molecule has 1 heterocycles. The minimum Gasteiger partial charge on any atom is -0.447 e. The molecule has 0 spiro atoms. The number of aliphatic hydroxyl groups excluding tert-OH is 4. The number of benzene rings is 2. The Labute approximate surface area is 248 Å². The Morgan fingerprint density at radius 2 is 1.71 bits per heavy atom. The van der Waals surface area contributed by atoms with Crippen LogP contribution in [0.2, 0.25) is 5.02 Å². The summed E-state index contributed by atoms with van der Waals surface area (Å²) in [6.45, 7) is -2.44. The Morgan fingerprint density at radius 1 is 1.00 bits per heavy atom. The number of amides is 2. The molecule has 42 heavy (non-hydrogen) atoms. The third-order valence-electron chi connectivity index (χ3n) is 6.12. The van der Waals surface area contributed by atoms with Crippen molar-refractivity contribution < 1.29 is 43.9 Å². The van der Waals surface area contributed by atoms with Gasteiger partial charge in [0, 0.05) is 24.5 Å². The van der Waals surface area contributed by atoms with Crippen LogP contribution in [0.4, 0.5) is 15.0 Å². The van der Waals surface area contributed by atoms with Gasteiger partial charge in [-0.1, -0.05) is 55.4 Å². The van der Waals surface area contributed by atoms with Crippen LogP contribution in [-0.4, -0.2) is 100 Å². The first-order valence-electron chi connectivity index (χ1n) is 12.9. The summed E-state index contributed by atoms with van der Waals surface area (Å²) in [5.41, 5.74) is 0.403. The molecule has 2 aromatic carbocycles. The molecule has 0 unspecified atom stereocenters. The van der Waals surface area contributed by atoms with Crippen molar-refractivity contribution in [1.29, 1.82) is 0 Å². The number of anilines is 1. The number of halogens is 2. The Hall–Kier alpha value is -3.39. The van der Waals surface area contributed by atoms with E-state index in [9.17, 15) is 29.3 Å². The fourth-order valence-electron chi connectivity index (χ4n) is 3.95. The third kappa shape index (κ3) is 10.5. The number of rotatable bonds is 15. The third-order valence-corrected chi connectivity index (χ3v) is 6.54. The molecule has 13 heteroatoms. The van der Waals surface area contributed by atoms with Crippen molar-refractivity contribution >= 4 is 40.2 Å². The van der Waals surface area contributed by atoms with E-state index >= 15 is 0 Å². The molecular formula is C29H37ClFN3O8. The maximum Gasteiger partial charge on any atom is 0.412 e. The number of fused-ring (bicyclic) bond motifs is 1. The summed E-state index contributed by atoms with van der Waals surface area (Å²) in [7, 11) is 0. The molecule has 0 aliphatic heterocycles. The second kappa shape index (κ2) is 17.5. The molecule has 11 nitrogen and oxygen atoms in total. The lowest BCUT2D eigenvalue weighted by Gasteiger charge is -2.33. The highest BCUT2D eigenvalue weighted by molar-refractivity contribution is 6.31. The van der Waals surface area contributed by atoms with Crippen molar-refractivity contribution in [3.63, 3.8) is 0 Å². The summed E-state index contributed by atoms with van der Waals surface area (Å²) in [6, 6.07) is 12.4.